The Balaban J connectivity index is 1.20. The van der Waals surface area contributed by atoms with Crippen LogP contribution in [0.1, 0.15) is 11.1 Å². The van der Waals surface area contributed by atoms with Crippen molar-refractivity contribution in [3.63, 3.8) is 0 Å². The molecule has 16 rings (SSSR count). The monoisotopic (exact) mass is 988 g/mol. The molecule has 0 N–H and O–H groups in total. The average molecular weight is 989 g/mol. The molecule has 16 aromatic rings. The highest BCUT2D eigenvalue weighted by Gasteiger charge is 2.29. The van der Waals surface area contributed by atoms with Crippen LogP contribution in [0.5, 0.6) is 0 Å². The number of pyridine rings is 2. The van der Waals surface area contributed by atoms with Crippen LogP contribution in [-0.2, 0) is 0 Å². The van der Waals surface area contributed by atoms with Crippen molar-refractivity contribution < 1.29 is 0 Å². The van der Waals surface area contributed by atoms with E-state index in [0.717, 1.165) is 56.2 Å². The summed E-state index contributed by atoms with van der Waals surface area (Å²) in [5.41, 5.74) is 17.8. The second-order valence-corrected chi connectivity index (χ2v) is 21.2. The van der Waals surface area contributed by atoms with Crippen LogP contribution in [0.25, 0.3) is 165 Å². The summed E-state index contributed by atoms with van der Waals surface area (Å²) in [5.74, 6) is 0. The molecule has 2 aromatic heterocycles. The highest BCUT2D eigenvalue weighted by Crippen LogP contribution is 2.57. The van der Waals surface area contributed by atoms with Gasteiger partial charge in [0.15, 0.2) is 0 Å². The summed E-state index contributed by atoms with van der Waals surface area (Å²) in [7, 11) is 0. The lowest BCUT2D eigenvalue weighted by atomic mass is 9.83. The molecule has 0 spiro atoms. The molecule has 0 saturated carbocycles. The van der Waals surface area contributed by atoms with E-state index in [1.54, 1.807) is 0 Å². The zero-order valence-corrected chi connectivity index (χ0v) is 43.1. The number of benzene rings is 12. The van der Waals surface area contributed by atoms with E-state index < -0.39 is 0 Å². The van der Waals surface area contributed by atoms with E-state index in [1.165, 1.54) is 120 Å². The minimum atomic E-state index is 0.932. The molecular weight excluding hydrogens is 941 g/mol. The predicted octanol–water partition coefficient (Wildman–Crippen LogP) is 20.9. The Kier molecular flexibility index (Phi) is 9.80. The van der Waals surface area contributed by atoms with Crippen molar-refractivity contribution in [1.29, 1.82) is 0 Å². The van der Waals surface area contributed by atoms with Crippen molar-refractivity contribution in [2.45, 2.75) is 13.8 Å². The van der Waals surface area contributed by atoms with Gasteiger partial charge < -0.3 is 0 Å². The summed E-state index contributed by atoms with van der Waals surface area (Å²) in [6.45, 7) is 4.53. The molecule has 78 heavy (non-hydrogen) atoms. The number of rotatable bonds is 7. The van der Waals surface area contributed by atoms with Gasteiger partial charge in [0.05, 0.1) is 22.8 Å². The number of aromatic nitrogens is 2. The molecule has 0 amide bonds. The topological polar surface area (TPSA) is 25.8 Å². The van der Waals surface area contributed by atoms with Gasteiger partial charge in [-0.1, -0.05) is 218 Å². The van der Waals surface area contributed by atoms with E-state index in [9.17, 15) is 0 Å². The first-order chi connectivity index (χ1) is 38.5. The largest absolute Gasteiger partial charge is 0.248 e. The molecule has 362 valence electrons. The lowest BCUT2D eigenvalue weighted by Crippen LogP contribution is -1.96. The van der Waals surface area contributed by atoms with Crippen molar-refractivity contribution in [3.05, 3.63) is 266 Å². The molecule has 2 heteroatoms. The normalized spacial score (nSPS) is 12.0. The lowest BCUT2D eigenvalue weighted by Gasteiger charge is -2.21. The molecule has 0 aliphatic carbocycles. The van der Waals surface area contributed by atoms with Crippen LogP contribution >= 0.6 is 0 Å². The quantitative estimate of drug-likeness (QED) is 0.149. The van der Waals surface area contributed by atoms with Gasteiger partial charge in [0.1, 0.15) is 0 Å². The molecule has 14 aromatic carbocycles. The number of hydrogen-bond acceptors (Lipinski definition) is 2. The Morgan fingerprint density at radius 3 is 1.22 bits per heavy atom. The maximum Gasteiger partial charge on any atom is 0.0715 e. The summed E-state index contributed by atoms with van der Waals surface area (Å²) >= 11 is 0. The summed E-state index contributed by atoms with van der Waals surface area (Å²) in [4.78, 5) is 11.0. The third-order valence-corrected chi connectivity index (χ3v) is 16.7. The summed E-state index contributed by atoms with van der Waals surface area (Å²) in [6, 6.07) is 94.0. The minimum Gasteiger partial charge on any atom is -0.248 e. The van der Waals surface area contributed by atoms with Crippen molar-refractivity contribution in [1.82, 2.24) is 9.97 Å². The van der Waals surface area contributed by atoms with Crippen molar-refractivity contribution in [2.75, 3.05) is 0 Å². The molecule has 2 heterocycles. The Bertz CT molecular complexity index is 4930. The number of hydrogen-bond donors (Lipinski definition) is 0. The fraction of sp³-hybridized carbons (Fsp3) is 0.0263. The van der Waals surface area contributed by atoms with E-state index in [2.05, 4.69) is 269 Å². The molecule has 0 aliphatic rings. The molecule has 2 nitrogen and oxygen atoms in total. The van der Waals surface area contributed by atoms with Gasteiger partial charge in [0, 0.05) is 22.3 Å². The first-order valence-corrected chi connectivity index (χ1v) is 27.1. The second kappa shape index (κ2) is 17.3. The summed E-state index contributed by atoms with van der Waals surface area (Å²) in [5, 5.41) is 20.0. The zero-order chi connectivity index (χ0) is 51.6. The third-order valence-electron chi connectivity index (χ3n) is 16.7. The van der Waals surface area contributed by atoms with Crippen LogP contribution in [0.4, 0.5) is 0 Å². The van der Waals surface area contributed by atoms with Gasteiger partial charge in [-0.15, -0.1) is 0 Å². The van der Waals surface area contributed by atoms with Crippen LogP contribution in [0.3, 0.4) is 0 Å². The standard InChI is InChI=1S/C76H48N2/c1-45-21-19-22-46(2)68(45)59-37-38-60-74-62(39-51-31-15-16-32-54(51)72(59)74)76-70(53-42-66(49-27-11-5-12-28-49)78-67(43-53)50-29-13-6-14-30-50)73-58-36-20-35-57-55-33-17-18-34-56(55)61(71(57)58)44-63(73)69(75(60)76)52-40-64(47-23-7-3-8-24-47)77-65(41-52)48-25-9-4-10-26-48/h3-44H,1-2H3. The number of aryl methyl sites for hydroxylation is 2. The summed E-state index contributed by atoms with van der Waals surface area (Å²) < 4.78 is 0. The highest BCUT2D eigenvalue weighted by molar-refractivity contribution is 6.47. The van der Waals surface area contributed by atoms with E-state index >= 15 is 0 Å². The highest BCUT2D eigenvalue weighted by atomic mass is 14.7. The van der Waals surface area contributed by atoms with Crippen LogP contribution < -0.4 is 0 Å². The molecular formula is C76H48N2. The van der Waals surface area contributed by atoms with Gasteiger partial charge in [0.2, 0.25) is 0 Å². The molecule has 0 fully saturated rings. The van der Waals surface area contributed by atoms with Gasteiger partial charge in [-0.3, -0.25) is 0 Å². The smallest absolute Gasteiger partial charge is 0.0715 e. The molecule has 0 aliphatic heterocycles. The fourth-order valence-electron chi connectivity index (χ4n) is 13.4. The second-order valence-electron chi connectivity index (χ2n) is 21.2. The van der Waals surface area contributed by atoms with Gasteiger partial charge in [-0.25, -0.2) is 9.97 Å². The van der Waals surface area contributed by atoms with Crippen molar-refractivity contribution >= 4 is 86.2 Å². The molecule has 0 bridgehead atoms. The number of nitrogens with zero attached hydrogens (tertiary/aromatic N) is 2. The van der Waals surface area contributed by atoms with E-state index in [0.29, 0.717) is 0 Å². The zero-order valence-electron chi connectivity index (χ0n) is 43.1. The maximum atomic E-state index is 5.52. The summed E-state index contributed by atoms with van der Waals surface area (Å²) in [6.07, 6.45) is 0. The van der Waals surface area contributed by atoms with Crippen molar-refractivity contribution in [2.24, 2.45) is 0 Å². The first-order valence-electron chi connectivity index (χ1n) is 27.1. The van der Waals surface area contributed by atoms with Crippen LogP contribution in [0.2, 0.25) is 0 Å². The van der Waals surface area contributed by atoms with Gasteiger partial charge in [0.25, 0.3) is 0 Å². The first kappa shape index (κ1) is 44.3. The predicted molar refractivity (Wildman–Crippen MR) is 332 cm³/mol. The Morgan fingerprint density at radius 1 is 0.218 bits per heavy atom. The van der Waals surface area contributed by atoms with Gasteiger partial charge in [-0.2, -0.15) is 0 Å². The Labute approximate surface area is 451 Å². The molecule has 0 radical (unpaired) electrons. The van der Waals surface area contributed by atoms with Crippen molar-refractivity contribution in [3.8, 4) is 78.4 Å². The average Bonchev–Trinajstić information content (AvgIpc) is 3.89. The Hall–Kier alpha value is -10.0. The molecule has 0 saturated heterocycles. The SMILES string of the molecule is Cc1cccc(C)c1-c1ccc2c3c(-c4cc(-c5ccccc5)nc(-c5ccccc5)c4)c4cc5c6ccccc6c6cccc(c4c(-c4cc(-c7ccccc7)nc(-c7ccccc7)c4)c3c3cc4ccccc4c1c23)c65. The van der Waals surface area contributed by atoms with Gasteiger partial charge in [-0.05, 0) is 181 Å². The fourth-order valence-corrected chi connectivity index (χ4v) is 13.4. The van der Waals surface area contributed by atoms with Crippen LogP contribution in [-0.4, -0.2) is 9.97 Å². The van der Waals surface area contributed by atoms with Crippen LogP contribution in [0.15, 0.2) is 255 Å². The molecule has 0 unspecified atom stereocenters. The minimum absolute atomic E-state index is 0.932. The maximum absolute atomic E-state index is 5.52. The number of fused-ring (bicyclic) bond motifs is 10. The van der Waals surface area contributed by atoms with Gasteiger partial charge >= 0.3 is 0 Å². The van der Waals surface area contributed by atoms with E-state index in [1.807, 2.05) is 0 Å². The molecule has 0 atom stereocenters. The lowest BCUT2D eigenvalue weighted by molar-refractivity contribution is 1.32. The van der Waals surface area contributed by atoms with Crippen LogP contribution in [0, 0.1) is 13.8 Å². The third kappa shape index (κ3) is 6.63. The Morgan fingerprint density at radius 2 is 0.654 bits per heavy atom. The van der Waals surface area contributed by atoms with E-state index in [4.69, 9.17) is 9.97 Å². The van der Waals surface area contributed by atoms with E-state index in [-0.39, 0.29) is 0 Å².